The number of fused-ring (bicyclic) bond motifs is 1. The molecule has 6 heteroatoms. The van der Waals surface area contributed by atoms with Crippen LogP contribution in [-0.4, -0.2) is 60.2 Å². The van der Waals surface area contributed by atoms with E-state index < -0.39 is 12.1 Å². The minimum Gasteiger partial charge on any atom is -0.497 e. The molecule has 3 aromatic carbocycles. The first-order valence-corrected chi connectivity index (χ1v) is 12.0. The van der Waals surface area contributed by atoms with Gasteiger partial charge in [-0.15, -0.1) is 0 Å². The summed E-state index contributed by atoms with van der Waals surface area (Å²) in [4.78, 5) is 21.3. The van der Waals surface area contributed by atoms with Gasteiger partial charge in [-0.05, 0) is 42.8 Å². The number of para-hydroxylation sites is 1. The predicted octanol–water partition coefficient (Wildman–Crippen LogP) is 4.59. The van der Waals surface area contributed by atoms with E-state index in [0.717, 1.165) is 59.6 Å². The molecule has 1 aliphatic heterocycles. The summed E-state index contributed by atoms with van der Waals surface area (Å²) in [5, 5.41) is 12.3. The maximum absolute atomic E-state index is 13.6. The summed E-state index contributed by atoms with van der Waals surface area (Å²) in [5.74, 6) is 0.580. The summed E-state index contributed by atoms with van der Waals surface area (Å²) in [5.41, 5.74) is 4.67. The molecule has 1 saturated heterocycles. The van der Waals surface area contributed by atoms with Crippen molar-refractivity contribution in [1.29, 1.82) is 0 Å². The molecular weight excluding hydrogens is 438 g/mol. The van der Waals surface area contributed by atoms with Crippen LogP contribution in [0.5, 0.6) is 5.75 Å². The van der Waals surface area contributed by atoms with Gasteiger partial charge < -0.3 is 19.7 Å². The maximum Gasteiger partial charge on any atom is 0.195 e. The molecule has 35 heavy (non-hydrogen) atoms. The Labute approximate surface area is 205 Å². The van der Waals surface area contributed by atoms with E-state index in [1.807, 2.05) is 67.6 Å². The SMILES string of the molecule is COc1ccc(N2CCN(C(c3ccc(C)cc3)C(O)C(=O)c3c[nH]c4ccccc34)CC2)cc1. The Morgan fingerprint density at radius 1 is 0.943 bits per heavy atom. The number of benzene rings is 3. The van der Waals surface area contributed by atoms with Gasteiger partial charge in [0.1, 0.15) is 11.9 Å². The van der Waals surface area contributed by atoms with Gasteiger partial charge in [-0.25, -0.2) is 0 Å². The number of carbonyl (C=O) groups excluding carboxylic acids is 1. The Bertz CT molecular complexity index is 1290. The second-order valence-electron chi connectivity index (χ2n) is 9.13. The Kier molecular flexibility index (Phi) is 6.57. The molecule has 0 spiro atoms. The highest BCUT2D eigenvalue weighted by atomic mass is 16.5. The van der Waals surface area contributed by atoms with Crippen molar-refractivity contribution < 1.29 is 14.6 Å². The van der Waals surface area contributed by atoms with Crippen LogP contribution in [0.3, 0.4) is 0 Å². The van der Waals surface area contributed by atoms with Gasteiger partial charge in [0.25, 0.3) is 0 Å². The van der Waals surface area contributed by atoms with Crippen molar-refractivity contribution in [3.05, 3.63) is 95.7 Å². The van der Waals surface area contributed by atoms with Gasteiger partial charge in [-0.2, -0.15) is 0 Å². The summed E-state index contributed by atoms with van der Waals surface area (Å²) in [7, 11) is 1.67. The number of carbonyl (C=O) groups is 1. The lowest BCUT2D eigenvalue weighted by Gasteiger charge is -2.41. The van der Waals surface area contributed by atoms with Crippen molar-refractivity contribution >= 4 is 22.4 Å². The molecule has 2 unspecified atom stereocenters. The molecule has 0 amide bonds. The summed E-state index contributed by atoms with van der Waals surface area (Å²) >= 11 is 0. The topological polar surface area (TPSA) is 68.8 Å². The number of ether oxygens (including phenoxy) is 1. The van der Waals surface area contributed by atoms with Crippen LogP contribution >= 0.6 is 0 Å². The molecule has 0 aliphatic carbocycles. The van der Waals surface area contributed by atoms with Gasteiger partial charge in [0.2, 0.25) is 0 Å². The molecule has 2 N–H and O–H groups in total. The van der Waals surface area contributed by atoms with E-state index in [0.29, 0.717) is 5.56 Å². The fraction of sp³-hybridized carbons (Fsp3) is 0.276. The van der Waals surface area contributed by atoms with Crippen molar-refractivity contribution in [3.8, 4) is 5.75 Å². The normalized spacial score (nSPS) is 16.3. The molecule has 2 atom stereocenters. The van der Waals surface area contributed by atoms with E-state index in [4.69, 9.17) is 4.74 Å². The van der Waals surface area contributed by atoms with Crippen molar-refractivity contribution in [1.82, 2.24) is 9.88 Å². The van der Waals surface area contributed by atoms with Gasteiger partial charge in [0.05, 0.1) is 13.2 Å². The maximum atomic E-state index is 13.6. The second-order valence-corrected chi connectivity index (χ2v) is 9.13. The van der Waals surface area contributed by atoms with Crippen LogP contribution in [0.25, 0.3) is 10.9 Å². The third kappa shape index (κ3) is 4.67. The number of Topliss-reactive ketones (excluding diaryl/α,β-unsaturated/α-hetero) is 1. The molecule has 0 saturated carbocycles. The number of anilines is 1. The van der Waals surface area contributed by atoms with E-state index in [-0.39, 0.29) is 5.78 Å². The van der Waals surface area contributed by atoms with E-state index in [9.17, 15) is 9.90 Å². The number of aliphatic hydroxyl groups is 1. The summed E-state index contributed by atoms with van der Waals surface area (Å²) in [6.45, 7) is 5.14. The lowest BCUT2D eigenvalue weighted by Crippen LogP contribution is -2.51. The van der Waals surface area contributed by atoms with Gasteiger partial charge in [0.15, 0.2) is 5.78 Å². The number of rotatable bonds is 7. The smallest absolute Gasteiger partial charge is 0.195 e. The molecule has 1 aliphatic rings. The molecule has 180 valence electrons. The molecular formula is C29H31N3O3. The quantitative estimate of drug-likeness (QED) is 0.388. The highest BCUT2D eigenvalue weighted by molar-refractivity contribution is 6.10. The van der Waals surface area contributed by atoms with Gasteiger partial charge in [0, 0.05) is 54.5 Å². The zero-order chi connectivity index (χ0) is 24.4. The lowest BCUT2D eigenvalue weighted by atomic mass is 9.92. The zero-order valence-corrected chi connectivity index (χ0v) is 20.1. The van der Waals surface area contributed by atoms with Crippen LogP contribution in [0.1, 0.15) is 27.5 Å². The first-order valence-electron chi connectivity index (χ1n) is 12.0. The number of H-pyrrole nitrogens is 1. The van der Waals surface area contributed by atoms with Crippen LogP contribution in [0.15, 0.2) is 79.0 Å². The molecule has 1 fully saturated rings. The van der Waals surface area contributed by atoms with E-state index in [2.05, 4.69) is 26.9 Å². The number of aliphatic hydroxyl groups excluding tert-OH is 1. The monoisotopic (exact) mass is 469 g/mol. The number of nitrogens with one attached hydrogen (secondary N) is 1. The van der Waals surface area contributed by atoms with Crippen LogP contribution < -0.4 is 9.64 Å². The fourth-order valence-corrected chi connectivity index (χ4v) is 4.99. The Morgan fingerprint density at radius 3 is 2.31 bits per heavy atom. The molecule has 4 aromatic rings. The molecule has 6 nitrogen and oxygen atoms in total. The molecule has 0 bridgehead atoms. The first-order chi connectivity index (χ1) is 17.0. The standard InChI is InChI=1S/C29H31N3O3/c1-20-7-9-21(10-8-20)27(29(34)28(33)25-19-30-26-6-4-3-5-24(25)26)32-17-15-31(16-18-32)22-11-13-23(35-2)14-12-22/h3-14,19,27,29-30,34H,15-18H2,1-2H3. The number of hydrogen-bond acceptors (Lipinski definition) is 5. The molecule has 2 heterocycles. The summed E-state index contributed by atoms with van der Waals surface area (Å²) in [6.07, 6.45) is 0.536. The number of piperazine rings is 1. The van der Waals surface area contributed by atoms with Crippen LogP contribution in [0.2, 0.25) is 0 Å². The van der Waals surface area contributed by atoms with Crippen molar-refractivity contribution in [2.75, 3.05) is 38.2 Å². The van der Waals surface area contributed by atoms with E-state index >= 15 is 0 Å². The molecule has 0 radical (unpaired) electrons. The minimum atomic E-state index is -1.18. The Hall–Kier alpha value is -3.61. The van der Waals surface area contributed by atoms with E-state index in [1.165, 1.54) is 0 Å². The largest absolute Gasteiger partial charge is 0.497 e. The van der Waals surface area contributed by atoms with Crippen molar-refractivity contribution in [3.63, 3.8) is 0 Å². The van der Waals surface area contributed by atoms with Crippen molar-refractivity contribution in [2.24, 2.45) is 0 Å². The highest BCUT2D eigenvalue weighted by Crippen LogP contribution is 2.31. The van der Waals surface area contributed by atoms with Gasteiger partial charge in [-0.1, -0.05) is 48.0 Å². The summed E-state index contributed by atoms with van der Waals surface area (Å²) < 4.78 is 5.28. The average Bonchev–Trinajstić information content (AvgIpc) is 3.34. The number of ketones is 1. The first kappa shape index (κ1) is 23.1. The number of aromatic nitrogens is 1. The number of methoxy groups -OCH3 is 1. The van der Waals surface area contributed by atoms with Crippen molar-refractivity contribution in [2.45, 2.75) is 19.1 Å². The van der Waals surface area contributed by atoms with E-state index in [1.54, 1.807) is 13.3 Å². The second kappa shape index (κ2) is 9.94. The molecule has 1 aromatic heterocycles. The minimum absolute atomic E-state index is 0.259. The number of nitrogens with zero attached hydrogens (tertiary/aromatic N) is 2. The zero-order valence-electron chi connectivity index (χ0n) is 20.1. The lowest BCUT2D eigenvalue weighted by molar-refractivity contribution is 0.0366. The van der Waals surface area contributed by atoms with Crippen LogP contribution in [0, 0.1) is 6.92 Å². The highest BCUT2D eigenvalue weighted by Gasteiger charge is 2.35. The number of aromatic amines is 1. The Morgan fingerprint density at radius 2 is 1.63 bits per heavy atom. The third-order valence-corrected chi connectivity index (χ3v) is 6.99. The van der Waals surface area contributed by atoms with Gasteiger partial charge >= 0.3 is 0 Å². The number of hydrogen-bond donors (Lipinski definition) is 2. The number of aryl methyl sites for hydroxylation is 1. The Balaban J connectivity index is 1.39. The third-order valence-electron chi connectivity index (χ3n) is 6.99. The predicted molar refractivity (Wildman–Crippen MR) is 139 cm³/mol. The van der Waals surface area contributed by atoms with Crippen LogP contribution in [0.4, 0.5) is 5.69 Å². The van der Waals surface area contributed by atoms with Crippen LogP contribution in [-0.2, 0) is 0 Å². The summed E-state index contributed by atoms with van der Waals surface area (Å²) in [6, 6.07) is 23.5. The molecule has 5 rings (SSSR count). The fourth-order valence-electron chi connectivity index (χ4n) is 4.99. The van der Waals surface area contributed by atoms with Gasteiger partial charge in [-0.3, -0.25) is 9.69 Å². The average molecular weight is 470 g/mol.